The number of alkyl halides is 1. The Kier molecular flexibility index (Phi) is 3.27. The fraction of sp³-hybridized carbons (Fsp3) is 0.533. The lowest BCUT2D eigenvalue weighted by Crippen LogP contribution is -2.40. The van der Waals surface area contributed by atoms with Crippen LogP contribution in [-0.2, 0) is 13.0 Å². The molecule has 3 nitrogen and oxygen atoms in total. The van der Waals surface area contributed by atoms with E-state index in [4.69, 9.17) is 0 Å². The van der Waals surface area contributed by atoms with E-state index in [0.29, 0.717) is 19.3 Å². The van der Waals surface area contributed by atoms with Gasteiger partial charge in [0.2, 0.25) is 0 Å². The minimum Gasteiger partial charge on any atom is -0.328 e. The van der Waals surface area contributed by atoms with Crippen LogP contribution >= 0.6 is 0 Å². The SMILES string of the molecule is CCn1c(CC2(F)CCNCC2)nc2ccccc21. The molecule has 1 aromatic heterocycles. The number of fused-ring (bicyclic) bond motifs is 1. The van der Waals surface area contributed by atoms with Crippen LogP contribution in [0.4, 0.5) is 4.39 Å². The van der Waals surface area contributed by atoms with E-state index in [2.05, 4.69) is 27.9 Å². The first-order chi connectivity index (χ1) is 9.22. The Labute approximate surface area is 112 Å². The molecule has 0 saturated carbocycles. The summed E-state index contributed by atoms with van der Waals surface area (Å²) in [7, 11) is 0. The molecule has 0 bridgehead atoms. The third-order valence-corrected chi connectivity index (χ3v) is 4.02. The number of nitrogens with one attached hydrogen (secondary N) is 1. The predicted molar refractivity (Wildman–Crippen MR) is 75.1 cm³/mol. The molecule has 102 valence electrons. The number of aryl methyl sites for hydroxylation is 1. The Hall–Kier alpha value is -1.42. The second-order valence-corrected chi connectivity index (χ2v) is 5.34. The van der Waals surface area contributed by atoms with Gasteiger partial charge < -0.3 is 9.88 Å². The molecule has 3 rings (SSSR count). The number of hydrogen-bond acceptors (Lipinski definition) is 2. The molecule has 19 heavy (non-hydrogen) atoms. The highest BCUT2D eigenvalue weighted by Crippen LogP contribution is 2.29. The quantitative estimate of drug-likeness (QED) is 0.920. The maximum absolute atomic E-state index is 14.8. The van der Waals surface area contributed by atoms with Crippen molar-refractivity contribution in [2.24, 2.45) is 0 Å². The standard InChI is InChI=1S/C15H20FN3/c1-2-19-13-6-4-3-5-12(13)18-14(19)11-15(16)7-9-17-10-8-15/h3-6,17H,2,7-11H2,1H3. The Morgan fingerprint density at radius 2 is 2.05 bits per heavy atom. The number of halogens is 1. The fourth-order valence-corrected chi connectivity index (χ4v) is 2.95. The van der Waals surface area contributed by atoms with E-state index in [1.807, 2.05) is 18.2 Å². The summed E-state index contributed by atoms with van der Waals surface area (Å²) in [5.74, 6) is 0.883. The van der Waals surface area contributed by atoms with Gasteiger partial charge in [0, 0.05) is 13.0 Å². The van der Waals surface area contributed by atoms with Crippen molar-refractivity contribution in [1.29, 1.82) is 0 Å². The number of imidazole rings is 1. The lowest BCUT2D eigenvalue weighted by molar-refractivity contribution is 0.112. The van der Waals surface area contributed by atoms with Crippen LogP contribution in [0.2, 0.25) is 0 Å². The van der Waals surface area contributed by atoms with Crippen LogP contribution < -0.4 is 5.32 Å². The van der Waals surface area contributed by atoms with E-state index in [-0.39, 0.29) is 0 Å². The number of para-hydroxylation sites is 2. The lowest BCUT2D eigenvalue weighted by atomic mass is 9.91. The van der Waals surface area contributed by atoms with Crippen molar-refractivity contribution in [3.8, 4) is 0 Å². The lowest BCUT2D eigenvalue weighted by Gasteiger charge is -2.29. The minimum atomic E-state index is -1.10. The van der Waals surface area contributed by atoms with Gasteiger partial charge in [-0.3, -0.25) is 0 Å². The monoisotopic (exact) mass is 261 g/mol. The Morgan fingerprint density at radius 3 is 2.79 bits per heavy atom. The van der Waals surface area contributed by atoms with Crippen molar-refractivity contribution in [3.05, 3.63) is 30.1 Å². The predicted octanol–water partition coefficient (Wildman–Crippen LogP) is 2.69. The molecule has 1 fully saturated rings. The van der Waals surface area contributed by atoms with E-state index in [0.717, 1.165) is 36.5 Å². The second-order valence-electron chi connectivity index (χ2n) is 5.34. The maximum Gasteiger partial charge on any atom is 0.120 e. The average molecular weight is 261 g/mol. The highest BCUT2D eigenvalue weighted by atomic mass is 19.1. The third kappa shape index (κ3) is 2.37. The summed E-state index contributed by atoms with van der Waals surface area (Å²) in [6, 6.07) is 8.05. The van der Waals surface area contributed by atoms with Gasteiger partial charge in [-0.25, -0.2) is 9.37 Å². The Bertz CT molecular complexity index is 570. The molecule has 0 radical (unpaired) electrons. The summed E-state index contributed by atoms with van der Waals surface area (Å²) in [4.78, 5) is 4.63. The first-order valence-corrected chi connectivity index (χ1v) is 7.06. The molecular weight excluding hydrogens is 241 g/mol. The van der Waals surface area contributed by atoms with Crippen LogP contribution in [-0.4, -0.2) is 28.3 Å². The summed E-state index contributed by atoms with van der Waals surface area (Å²) in [5, 5.41) is 3.21. The van der Waals surface area contributed by atoms with Gasteiger partial charge in [0.1, 0.15) is 11.5 Å². The fourth-order valence-electron chi connectivity index (χ4n) is 2.95. The van der Waals surface area contributed by atoms with E-state index in [1.54, 1.807) is 0 Å². The number of aromatic nitrogens is 2. The van der Waals surface area contributed by atoms with Gasteiger partial charge in [-0.05, 0) is 45.0 Å². The summed E-state index contributed by atoms with van der Waals surface area (Å²) in [5.41, 5.74) is 0.980. The number of nitrogens with zero attached hydrogens (tertiary/aromatic N) is 2. The van der Waals surface area contributed by atoms with Gasteiger partial charge in [-0.1, -0.05) is 12.1 Å². The highest BCUT2D eigenvalue weighted by molar-refractivity contribution is 5.75. The van der Waals surface area contributed by atoms with Gasteiger partial charge in [-0.15, -0.1) is 0 Å². The van der Waals surface area contributed by atoms with Crippen molar-refractivity contribution in [2.45, 2.75) is 38.4 Å². The van der Waals surface area contributed by atoms with Crippen LogP contribution in [0.1, 0.15) is 25.6 Å². The van der Waals surface area contributed by atoms with Crippen LogP contribution in [0.5, 0.6) is 0 Å². The van der Waals surface area contributed by atoms with Gasteiger partial charge in [0.25, 0.3) is 0 Å². The average Bonchev–Trinajstić information content (AvgIpc) is 2.75. The molecule has 4 heteroatoms. The van der Waals surface area contributed by atoms with Crippen LogP contribution in [0.3, 0.4) is 0 Å². The first kappa shape index (κ1) is 12.6. The van der Waals surface area contributed by atoms with Gasteiger partial charge in [0.05, 0.1) is 11.0 Å². The Balaban J connectivity index is 1.95. The van der Waals surface area contributed by atoms with Gasteiger partial charge in [0.15, 0.2) is 0 Å². The molecule has 2 heterocycles. The highest BCUT2D eigenvalue weighted by Gasteiger charge is 2.33. The van der Waals surface area contributed by atoms with Crippen molar-refractivity contribution in [3.63, 3.8) is 0 Å². The van der Waals surface area contributed by atoms with Crippen LogP contribution in [0.15, 0.2) is 24.3 Å². The summed E-state index contributed by atoms with van der Waals surface area (Å²) in [6.07, 6.45) is 1.59. The van der Waals surface area contributed by atoms with E-state index >= 15 is 0 Å². The van der Waals surface area contributed by atoms with Crippen molar-refractivity contribution < 1.29 is 4.39 Å². The smallest absolute Gasteiger partial charge is 0.120 e. The second kappa shape index (κ2) is 4.93. The topological polar surface area (TPSA) is 29.9 Å². The number of hydrogen-bond donors (Lipinski definition) is 1. The normalized spacial score (nSPS) is 18.8. The molecule has 1 saturated heterocycles. The van der Waals surface area contributed by atoms with E-state index in [1.165, 1.54) is 0 Å². The molecule has 1 N–H and O–H groups in total. The van der Waals surface area contributed by atoms with Gasteiger partial charge in [-0.2, -0.15) is 0 Å². The molecule has 0 unspecified atom stereocenters. The molecule has 2 aromatic rings. The number of benzene rings is 1. The molecule has 0 aliphatic carbocycles. The van der Waals surface area contributed by atoms with Crippen LogP contribution in [0, 0.1) is 0 Å². The molecule has 1 aliphatic rings. The zero-order valence-electron chi connectivity index (χ0n) is 11.3. The summed E-state index contributed by atoms with van der Waals surface area (Å²) >= 11 is 0. The van der Waals surface area contributed by atoms with E-state index < -0.39 is 5.67 Å². The molecule has 1 aliphatic heterocycles. The number of rotatable bonds is 3. The summed E-state index contributed by atoms with van der Waals surface area (Å²) < 4.78 is 16.9. The van der Waals surface area contributed by atoms with Crippen molar-refractivity contribution in [1.82, 2.24) is 14.9 Å². The number of piperidine rings is 1. The molecule has 0 spiro atoms. The van der Waals surface area contributed by atoms with Gasteiger partial charge >= 0.3 is 0 Å². The van der Waals surface area contributed by atoms with E-state index in [9.17, 15) is 4.39 Å². The largest absolute Gasteiger partial charge is 0.328 e. The molecule has 0 amide bonds. The minimum absolute atomic E-state index is 0.428. The molecule has 0 atom stereocenters. The zero-order valence-corrected chi connectivity index (χ0v) is 11.3. The molecular formula is C15H20FN3. The molecule has 1 aromatic carbocycles. The van der Waals surface area contributed by atoms with Crippen molar-refractivity contribution >= 4 is 11.0 Å². The van der Waals surface area contributed by atoms with Crippen molar-refractivity contribution in [2.75, 3.05) is 13.1 Å². The van der Waals surface area contributed by atoms with Crippen LogP contribution in [0.25, 0.3) is 11.0 Å². The Morgan fingerprint density at radius 1 is 1.32 bits per heavy atom. The first-order valence-electron chi connectivity index (χ1n) is 7.06. The maximum atomic E-state index is 14.8. The third-order valence-electron chi connectivity index (χ3n) is 4.02. The summed E-state index contributed by atoms with van der Waals surface area (Å²) in [6.45, 7) is 4.46. The zero-order chi connectivity index (χ0) is 13.3.